The van der Waals surface area contributed by atoms with Gasteiger partial charge in [-0.1, -0.05) is 29.8 Å². The van der Waals surface area contributed by atoms with Crippen LogP contribution >= 0.6 is 11.6 Å². The smallest absolute Gasteiger partial charge is 0.410 e. The molecule has 2 saturated heterocycles. The topological polar surface area (TPSA) is 80.1 Å². The molecular weight excluding hydrogens is 554 g/mol. The third kappa shape index (κ3) is 6.21. The molecule has 0 radical (unpaired) electrons. The molecule has 2 amide bonds. The van der Waals surface area contributed by atoms with Crippen LogP contribution in [0.25, 0.3) is 5.69 Å². The fourth-order valence-electron chi connectivity index (χ4n) is 5.81. The normalized spacial score (nSPS) is 16.5. The van der Waals surface area contributed by atoms with E-state index in [2.05, 4.69) is 11.0 Å². The number of ether oxygens (including phenoxy) is 2. The number of benzene rings is 2. The number of amides is 2. The van der Waals surface area contributed by atoms with Crippen molar-refractivity contribution in [2.24, 2.45) is 0 Å². The number of piperidine rings is 1. The Hall–Kier alpha value is -3.72. The number of carbonyl (C=O) groups excluding carboxylic acids is 2. The molecule has 0 unspecified atom stereocenters. The molecule has 0 spiro atoms. The van der Waals surface area contributed by atoms with E-state index >= 15 is 0 Å². The third-order valence-electron chi connectivity index (χ3n) is 8.03. The molecule has 1 aromatic heterocycles. The van der Waals surface area contributed by atoms with E-state index < -0.39 is 5.60 Å². The number of aromatic nitrogens is 2. The van der Waals surface area contributed by atoms with Gasteiger partial charge >= 0.3 is 6.09 Å². The second-order valence-electron chi connectivity index (χ2n) is 11.9. The van der Waals surface area contributed by atoms with Crippen molar-refractivity contribution >= 4 is 29.3 Å². The molecular formula is C32H40ClN5O4. The Morgan fingerprint density at radius 1 is 0.905 bits per heavy atom. The number of hydrogen-bond donors (Lipinski definition) is 0. The van der Waals surface area contributed by atoms with Crippen LogP contribution in [-0.4, -0.2) is 83.6 Å². The summed E-state index contributed by atoms with van der Waals surface area (Å²) in [5, 5.41) is 5.39. The van der Waals surface area contributed by atoms with Crippen LogP contribution in [0.5, 0.6) is 5.75 Å². The first-order valence-electron chi connectivity index (χ1n) is 14.6. The molecule has 2 aromatic carbocycles. The molecule has 5 rings (SSSR count). The van der Waals surface area contributed by atoms with Gasteiger partial charge in [-0.2, -0.15) is 5.10 Å². The Labute approximate surface area is 252 Å². The standard InChI is InChI=1S/C32H40ClN5O4/c1-22-25(33)9-8-11-26(22)38-29(23-13-15-37(16-14-23)31(40)42-32(2,3)4)24(21-34-38)30(39)36-19-17-35(18-20-36)27-10-6-7-12-28(27)41-5/h6-12,21,23H,13-20H2,1-5H3. The Morgan fingerprint density at radius 2 is 1.57 bits per heavy atom. The summed E-state index contributed by atoms with van der Waals surface area (Å²) in [5.41, 5.74) is 3.73. The minimum absolute atomic E-state index is 0.0230. The number of likely N-dealkylation sites (tertiary alicyclic amines) is 1. The number of para-hydroxylation sites is 2. The van der Waals surface area contributed by atoms with Gasteiger partial charge in [0.2, 0.25) is 0 Å². The predicted molar refractivity (Wildman–Crippen MR) is 164 cm³/mol. The molecule has 2 fully saturated rings. The molecule has 9 nitrogen and oxygen atoms in total. The lowest BCUT2D eigenvalue weighted by Crippen LogP contribution is -2.49. The first-order valence-corrected chi connectivity index (χ1v) is 14.9. The van der Waals surface area contributed by atoms with Gasteiger partial charge < -0.3 is 24.2 Å². The summed E-state index contributed by atoms with van der Waals surface area (Å²) in [6, 6.07) is 13.7. The first-order chi connectivity index (χ1) is 20.1. The number of nitrogens with zero attached hydrogens (tertiary/aromatic N) is 5. The van der Waals surface area contributed by atoms with Gasteiger partial charge in [-0.25, -0.2) is 9.48 Å². The molecule has 0 saturated carbocycles. The number of anilines is 1. The highest BCUT2D eigenvalue weighted by atomic mass is 35.5. The van der Waals surface area contributed by atoms with E-state index in [1.165, 1.54) is 0 Å². The van der Waals surface area contributed by atoms with Crippen LogP contribution in [-0.2, 0) is 4.74 Å². The number of rotatable bonds is 5. The fourth-order valence-corrected chi connectivity index (χ4v) is 5.98. The van der Waals surface area contributed by atoms with Crippen LogP contribution in [0.4, 0.5) is 10.5 Å². The summed E-state index contributed by atoms with van der Waals surface area (Å²) in [6.45, 7) is 11.3. The van der Waals surface area contributed by atoms with E-state index in [0.29, 0.717) is 62.7 Å². The van der Waals surface area contributed by atoms with E-state index in [9.17, 15) is 9.59 Å². The largest absolute Gasteiger partial charge is 0.495 e. The second-order valence-corrected chi connectivity index (χ2v) is 12.3. The summed E-state index contributed by atoms with van der Waals surface area (Å²) >= 11 is 6.50. The van der Waals surface area contributed by atoms with Gasteiger partial charge in [-0.3, -0.25) is 4.79 Å². The number of hydrogen-bond acceptors (Lipinski definition) is 6. The van der Waals surface area contributed by atoms with Crippen molar-refractivity contribution in [3.8, 4) is 11.4 Å². The number of carbonyl (C=O) groups is 2. The lowest BCUT2D eigenvalue weighted by atomic mass is 9.90. The molecule has 0 N–H and O–H groups in total. The zero-order valence-electron chi connectivity index (χ0n) is 25.1. The maximum Gasteiger partial charge on any atom is 0.410 e. The number of methoxy groups -OCH3 is 1. The van der Waals surface area contributed by atoms with E-state index in [4.69, 9.17) is 26.2 Å². The van der Waals surface area contributed by atoms with Crippen LogP contribution < -0.4 is 9.64 Å². The van der Waals surface area contributed by atoms with E-state index in [-0.39, 0.29) is 17.9 Å². The van der Waals surface area contributed by atoms with Crippen LogP contribution in [0.15, 0.2) is 48.7 Å². The average molecular weight is 594 g/mol. The monoisotopic (exact) mass is 593 g/mol. The van der Waals surface area contributed by atoms with E-state index in [0.717, 1.165) is 28.4 Å². The molecule has 42 heavy (non-hydrogen) atoms. The third-order valence-corrected chi connectivity index (χ3v) is 8.44. The van der Waals surface area contributed by atoms with Crippen LogP contribution in [0, 0.1) is 6.92 Å². The van der Waals surface area contributed by atoms with Crippen molar-refractivity contribution in [1.82, 2.24) is 19.6 Å². The van der Waals surface area contributed by atoms with Crippen molar-refractivity contribution in [3.63, 3.8) is 0 Å². The molecule has 10 heteroatoms. The van der Waals surface area contributed by atoms with Crippen molar-refractivity contribution < 1.29 is 19.1 Å². The minimum atomic E-state index is -0.550. The van der Waals surface area contributed by atoms with Gasteiger partial charge in [0.15, 0.2) is 0 Å². The SMILES string of the molecule is COc1ccccc1N1CCN(C(=O)c2cnn(-c3cccc(Cl)c3C)c2C2CCN(C(=O)OC(C)(C)C)CC2)CC1. The van der Waals surface area contributed by atoms with E-state index in [1.807, 2.05) is 73.7 Å². The lowest BCUT2D eigenvalue weighted by molar-refractivity contribution is 0.0203. The molecule has 3 heterocycles. The van der Waals surface area contributed by atoms with Gasteiger partial charge in [0.05, 0.1) is 35.9 Å². The fraction of sp³-hybridized carbons (Fsp3) is 0.469. The summed E-state index contributed by atoms with van der Waals surface area (Å²) in [5.74, 6) is 0.846. The highest BCUT2D eigenvalue weighted by Gasteiger charge is 2.34. The quantitative estimate of drug-likeness (QED) is 0.365. The van der Waals surface area contributed by atoms with Crippen LogP contribution in [0.2, 0.25) is 5.02 Å². The Kier molecular flexibility index (Phi) is 8.68. The molecule has 0 atom stereocenters. The van der Waals surface area contributed by atoms with Crippen molar-refractivity contribution in [1.29, 1.82) is 0 Å². The number of halogens is 1. The summed E-state index contributed by atoms with van der Waals surface area (Å²) in [7, 11) is 1.68. The van der Waals surface area contributed by atoms with Gasteiger partial charge in [-0.05, 0) is 70.4 Å². The second kappa shape index (κ2) is 12.3. The van der Waals surface area contributed by atoms with E-state index in [1.54, 1.807) is 18.2 Å². The summed E-state index contributed by atoms with van der Waals surface area (Å²) in [6.07, 6.45) is 2.80. The van der Waals surface area contributed by atoms with Gasteiger partial charge in [-0.15, -0.1) is 0 Å². The Morgan fingerprint density at radius 3 is 2.24 bits per heavy atom. The highest BCUT2D eigenvalue weighted by molar-refractivity contribution is 6.31. The predicted octanol–water partition coefficient (Wildman–Crippen LogP) is 5.92. The maximum absolute atomic E-state index is 14.1. The highest BCUT2D eigenvalue weighted by Crippen LogP contribution is 2.35. The van der Waals surface area contributed by atoms with Crippen LogP contribution in [0.3, 0.4) is 0 Å². The van der Waals surface area contributed by atoms with Gasteiger partial charge in [0.1, 0.15) is 11.4 Å². The number of piperazine rings is 1. The first kappa shape index (κ1) is 29.8. The Bertz CT molecular complexity index is 1430. The Balaban J connectivity index is 1.39. The summed E-state index contributed by atoms with van der Waals surface area (Å²) < 4.78 is 13.0. The van der Waals surface area contributed by atoms with Crippen molar-refractivity contribution in [2.75, 3.05) is 51.3 Å². The average Bonchev–Trinajstić information content (AvgIpc) is 3.42. The van der Waals surface area contributed by atoms with Gasteiger partial charge in [0, 0.05) is 50.2 Å². The summed E-state index contributed by atoms with van der Waals surface area (Å²) in [4.78, 5) is 32.7. The van der Waals surface area contributed by atoms with Gasteiger partial charge in [0.25, 0.3) is 5.91 Å². The maximum atomic E-state index is 14.1. The zero-order valence-corrected chi connectivity index (χ0v) is 25.9. The van der Waals surface area contributed by atoms with Crippen molar-refractivity contribution in [3.05, 3.63) is 70.5 Å². The molecule has 0 bridgehead atoms. The zero-order chi connectivity index (χ0) is 30.0. The molecule has 2 aliphatic heterocycles. The molecule has 2 aliphatic rings. The lowest BCUT2D eigenvalue weighted by Gasteiger charge is -2.37. The molecule has 0 aliphatic carbocycles. The van der Waals surface area contributed by atoms with Crippen LogP contribution in [0.1, 0.15) is 61.1 Å². The minimum Gasteiger partial charge on any atom is -0.495 e. The molecule has 3 aromatic rings. The van der Waals surface area contributed by atoms with Crippen molar-refractivity contribution in [2.45, 2.75) is 52.1 Å². The molecule has 224 valence electrons.